The number of para-hydroxylation sites is 2. The highest BCUT2D eigenvalue weighted by atomic mass is 16.6. The number of nitrogens with one attached hydrogen (secondary N) is 1. The Morgan fingerprint density at radius 3 is 2.81 bits per heavy atom. The number of pyridine rings is 1. The van der Waals surface area contributed by atoms with Gasteiger partial charge in [-0.05, 0) is 24.3 Å². The van der Waals surface area contributed by atoms with Crippen LogP contribution in [0.15, 0.2) is 65.7 Å². The summed E-state index contributed by atoms with van der Waals surface area (Å²) in [6, 6.07) is 14.5. The molecule has 4 heterocycles. The zero-order chi connectivity index (χ0) is 17.5. The number of aromatic amines is 1. The monoisotopic (exact) mass is 346 g/mol. The van der Waals surface area contributed by atoms with Gasteiger partial charge in [0.25, 0.3) is 5.56 Å². The maximum atomic E-state index is 12.5. The van der Waals surface area contributed by atoms with Crippen LogP contribution in [0.5, 0.6) is 11.5 Å². The van der Waals surface area contributed by atoms with E-state index in [1.165, 1.54) is 10.6 Å². The summed E-state index contributed by atoms with van der Waals surface area (Å²) in [5, 5.41) is 2.93. The van der Waals surface area contributed by atoms with Crippen LogP contribution in [0.2, 0.25) is 0 Å². The van der Waals surface area contributed by atoms with Gasteiger partial charge in [-0.15, -0.1) is 0 Å². The van der Waals surface area contributed by atoms with Crippen LogP contribution in [-0.2, 0) is 0 Å². The first-order chi connectivity index (χ1) is 12.8. The molecule has 128 valence electrons. The number of benzene rings is 1. The van der Waals surface area contributed by atoms with Crippen molar-refractivity contribution in [1.29, 1.82) is 0 Å². The number of hydrogen-bond acceptors (Lipinski definition) is 5. The molecule has 0 fully saturated rings. The van der Waals surface area contributed by atoms with Crippen molar-refractivity contribution in [3.63, 3.8) is 0 Å². The normalized spacial score (nSPS) is 15.9. The molecule has 0 amide bonds. The van der Waals surface area contributed by atoms with Crippen molar-refractivity contribution in [2.75, 3.05) is 6.61 Å². The molecule has 0 radical (unpaired) electrons. The molecule has 0 saturated heterocycles. The molecule has 1 aliphatic heterocycles. The zero-order valence-electron chi connectivity index (χ0n) is 13.6. The first kappa shape index (κ1) is 14.7. The van der Waals surface area contributed by atoms with Crippen LogP contribution in [0.3, 0.4) is 0 Å². The summed E-state index contributed by atoms with van der Waals surface area (Å²) in [4.78, 5) is 21.5. The van der Waals surface area contributed by atoms with Crippen LogP contribution in [0.25, 0.3) is 16.9 Å². The molecule has 1 atom stereocenters. The molecule has 0 saturated carbocycles. The van der Waals surface area contributed by atoms with Gasteiger partial charge in [0, 0.05) is 18.5 Å². The van der Waals surface area contributed by atoms with Gasteiger partial charge in [-0.1, -0.05) is 18.2 Å². The molecular formula is C19H14N4O3. The average Bonchev–Trinajstić information content (AvgIpc) is 3.13. The molecule has 7 heteroatoms. The number of fused-ring (bicyclic) bond motifs is 2. The van der Waals surface area contributed by atoms with E-state index >= 15 is 0 Å². The van der Waals surface area contributed by atoms with E-state index in [0.717, 1.165) is 11.3 Å². The largest absolute Gasteiger partial charge is 0.485 e. The number of rotatable bonds is 2. The summed E-state index contributed by atoms with van der Waals surface area (Å²) in [6.07, 6.45) is 2.98. The lowest BCUT2D eigenvalue weighted by atomic mass is 10.2. The molecule has 0 bridgehead atoms. The van der Waals surface area contributed by atoms with Crippen LogP contribution < -0.4 is 15.0 Å². The number of nitrogens with zero attached hydrogens (tertiary/aromatic N) is 3. The number of H-pyrrole nitrogens is 1. The third kappa shape index (κ3) is 2.33. The summed E-state index contributed by atoms with van der Waals surface area (Å²) >= 11 is 0. The molecular weight excluding hydrogens is 332 g/mol. The molecule has 4 aromatic rings. The van der Waals surface area contributed by atoms with Crippen LogP contribution in [0.1, 0.15) is 11.8 Å². The minimum atomic E-state index is -0.450. The van der Waals surface area contributed by atoms with E-state index < -0.39 is 6.10 Å². The minimum absolute atomic E-state index is 0.213. The van der Waals surface area contributed by atoms with Crippen molar-refractivity contribution in [3.8, 4) is 22.8 Å². The highest BCUT2D eigenvalue weighted by Gasteiger charge is 2.25. The number of hydrogen-bond donors (Lipinski definition) is 1. The lowest BCUT2D eigenvalue weighted by molar-refractivity contribution is 0.0883. The van der Waals surface area contributed by atoms with Gasteiger partial charge >= 0.3 is 0 Å². The van der Waals surface area contributed by atoms with E-state index in [1.54, 1.807) is 12.4 Å². The van der Waals surface area contributed by atoms with Crippen molar-refractivity contribution in [3.05, 3.63) is 77.0 Å². The fourth-order valence-electron chi connectivity index (χ4n) is 3.04. The standard InChI is InChI=1S/C19H14N4O3/c24-18-9-14(17-11-25-15-6-1-2-7-16(15)26-17)22-19-12(10-21-23(18)19)13-5-3-4-8-20-13/h1-10,17,21H,11H2. The van der Waals surface area contributed by atoms with Crippen molar-refractivity contribution in [2.45, 2.75) is 6.10 Å². The molecule has 26 heavy (non-hydrogen) atoms. The van der Waals surface area contributed by atoms with Gasteiger partial charge in [0.15, 0.2) is 23.3 Å². The second kappa shape index (κ2) is 5.73. The summed E-state index contributed by atoms with van der Waals surface area (Å²) < 4.78 is 13.1. The van der Waals surface area contributed by atoms with E-state index in [4.69, 9.17) is 9.47 Å². The first-order valence-electron chi connectivity index (χ1n) is 8.20. The van der Waals surface area contributed by atoms with Crippen LogP contribution in [-0.4, -0.2) is 26.2 Å². The Balaban J connectivity index is 1.61. The summed E-state index contributed by atoms with van der Waals surface area (Å²) in [5.41, 5.74) is 2.31. The maximum absolute atomic E-state index is 12.5. The molecule has 3 aromatic heterocycles. The van der Waals surface area contributed by atoms with Crippen LogP contribution >= 0.6 is 0 Å². The molecule has 5 rings (SSSR count). The van der Waals surface area contributed by atoms with Gasteiger partial charge in [0.05, 0.1) is 17.0 Å². The average molecular weight is 346 g/mol. The minimum Gasteiger partial charge on any atom is -0.485 e. The smallest absolute Gasteiger partial charge is 0.273 e. The summed E-state index contributed by atoms with van der Waals surface area (Å²) in [6.45, 7) is 0.295. The second-order valence-corrected chi connectivity index (χ2v) is 5.94. The van der Waals surface area contributed by atoms with Crippen molar-refractivity contribution in [2.24, 2.45) is 0 Å². The van der Waals surface area contributed by atoms with Gasteiger partial charge in [-0.25, -0.2) is 9.50 Å². The molecule has 0 spiro atoms. The Morgan fingerprint density at radius 1 is 1.12 bits per heavy atom. The van der Waals surface area contributed by atoms with Crippen molar-refractivity contribution < 1.29 is 9.47 Å². The van der Waals surface area contributed by atoms with Crippen molar-refractivity contribution in [1.82, 2.24) is 19.6 Å². The van der Waals surface area contributed by atoms with E-state index in [2.05, 4.69) is 15.1 Å². The second-order valence-electron chi connectivity index (χ2n) is 5.94. The fourth-order valence-corrected chi connectivity index (χ4v) is 3.04. The predicted octanol–water partition coefficient (Wildman–Crippen LogP) is 2.60. The van der Waals surface area contributed by atoms with Gasteiger partial charge in [-0.3, -0.25) is 14.9 Å². The molecule has 1 N–H and O–H groups in total. The SMILES string of the molecule is O=c1cc(C2COc3ccccc3O2)nc2c(-c3ccccn3)c[nH]n12. The summed E-state index contributed by atoms with van der Waals surface area (Å²) in [7, 11) is 0. The van der Waals surface area contributed by atoms with Crippen LogP contribution in [0.4, 0.5) is 0 Å². The zero-order valence-corrected chi connectivity index (χ0v) is 13.6. The Bertz CT molecular complexity index is 1150. The third-order valence-electron chi connectivity index (χ3n) is 4.30. The molecule has 0 aliphatic carbocycles. The van der Waals surface area contributed by atoms with E-state index in [-0.39, 0.29) is 5.56 Å². The quantitative estimate of drug-likeness (QED) is 0.603. The van der Waals surface area contributed by atoms with Gasteiger partial charge in [0.1, 0.15) is 6.61 Å². The Morgan fingerprint density at radius 2 is 1.96 bits per heavy atom. The van der Waals surface area contributed by atoms with Crippen LogP contribution in [0, 0.1) is 0 Å². The highest BCUT2D eigenvalue weighted by molar-refractivity contribution is 5.74. The highest BCUT2D eigenvalue weighted by Crippen LogP contribution is 2.35. The predicted molar refractivity (Wildman–Crippen MR) is 94.3 cm³/mol. The van der Waals surface area contributed by atoms with E-state index in [0.29, 0.717) is 29.4 Å². The van der Waals surface area contributed by atoms with E-state index in [1.807, 2.05) is 42.5 Å². The van der Waals surface area contributed by atoms with Gasteiger partial charge in [0.2, 0.25) is 0 Å². The Kier molecular flexibility index (Phi) is 3.24. The molecule has 1 aliphatic rings. The van der Waals surface area contributed by atoms with Gasteiger partial charge < -0.3 is 9.47 Å². The topological polar surface area (TPSA) is 81.5 Å². The third-order valence-corrected chi connectivity index (χ3v) is 4.30. The number of ether oxygens (including phenoxy) is 2. The Hall–Kier alpha value is -3.61. The molecule has 1 unspecified atom stereocenters. The van der Waals surface area contributed by atoms with Gasteiger partial charge in [-0.2, -0.15) is 0 Å². The Labute approximate surface area is 147 Å². The van der Waals surface area contributed by atoms with E-state index in [9.17, 15) is 4.79 Å². The van der Waals surface area contributed by atoms with Crippen molar-refractivity contribution >= 4 is 5.65 Å². The lowest BCUT2D eigenvalue weighted by Gasteiger charge is -2.25. The molecule has 1 aromatic carbocycles. The summed E-state index contributed by atoms with van der Waals surface area (Å²) in [5.74, 6) is 1.34. The fraction of sp³-hybridized carbons (Fsp3) is 0.105. The number of aromatic nitrogens is 4. The molecule has 7 nitrogen and oxygen atoms in total. The first-order valence-corrected chi connectivity index (χ1v) is 8.20. The lowest BCUT2D eigenvalue weighted by Crippen LogP contribution is -2.25. The maximum Gasteiger partial charge on any atom is 0.273 e.